The van der Waals surface area contributed by atoms with E-state index in [0.29, 0.717) is 13.1 Å². The van der Waals surface area contributed by atoms with E-state index in [1.54, 1.807) is 10.9 Å². The van der Waals surface area contributed by atoms with Crippen LogP contribution in [-0.2, 0) is 10.2 Å². The Bertz CT molecular complexity index is 676. The maximum atomic E-state index is 11.9. The van der Waals surface area contributed by atoms with E-state index in [-0.39, 0.29) is 0 Å². The van der Waals surface area contributed by atoms with Crippen LogP contribution in [0.4, 0.5) is 4.79 Å². The van der Waals surface area contributed by atoms with Gasteiger partial charge in [-0.25, -0.2) is 9.48 Å². The summed E-state index contributed by atoms with van der Waals surface area (Å²) >= 11 is 0. The summed E-state index contributed by atoms with van der Waals surface area (Å²) in [5.41, 5.74) is 6.96. The minimum Gasteiger partial charge on any atom is -0.444 e. The fraction of sp³-hybridized carbons (Fsp3) is 0.444. The Morgan fingerprint density at radius 3 is 2.50 bits per heavy atom. The lowest BCUT2D eigenvalue weighted by atomic mass is 9.84. The third-order valence-corrected chi connectivity index (χ3v) is 3.77. The van der Waals surface area contributed by atoms with Gasteiger partial charge in [-0.1, -0.05) is 25.1 Å². The van der Waals surface area contributed by atoms with Crippen molar-refractivity contribution in [3.8, 4) is 5.69 Å². The second kappa shape index (κ2) is 7.05. The van der Waals surface area contributed by atoms with Crippen LogP contribution >= 0.6 is 0 Å². The fourth-order valence-corrected chi connectivity index (χ4v) is 2.23. The molecule has 0 saturated carbocycles. The van der Waals surface area contributed by atoms with Gasteiger partial charge in [0.1, 0.15) is 5.60 Å². The van der Waals surface area contributed by atoms with Crippen LogP contribution in [0.1, 0.15) is 33.3 Å². The van der Waals surface area contributed by atoms with Crippen LogP contribution in [0.25, 0.3) is 5.69 Å². The Hall–Kier alpha value is -2.34. The molecule has 2 aromatic rings. The Labute approximate surface area is 143 Å². The number of aromatic nitrogens is 2. The molecule has 1 aromatic heterocycles. The molecule has 0 spiro atoms. The quantitative estimate of drug-likeness (QED) is 0.883. The number of alkyl carbamates (subject to hydrolysis) is 1. The van der Waals surface area contributed by atoms with Gasteiger partial charge in [0.05, 0.1) is 11.9 Å². The SMILES string of the molecule is CC(C)(C)OC(=O)NCC(C)(CN)c1cnn(-c2ccccc2)c1. The van der Waals surface area contributed by atoms with Crippen molar-refractivity contribution in [2.75, 3.05) is 13.1 Å². The first-order valence-electron chi connectivity index (χ1n) is 8.01. The lowest BCUT2D eigenvalue weighted by molar-refractivity contribution is 0.0516. The van der Waals surface area contributed by atoms with Gasteiger partial charge in [-0.05, 0) is 38.5 Å². The summed E-state index contributed by atoms with van der Waals surface area (Å²) in [5.74, 6) is 0. The summed E-state index contributed by atoms with van der Waals surface area (Å²) in [6, 6.07) is 9.85. The van der Waals surface area contributed by atoms with Crippen LogP contribution in [0, 0.1) is 0 Å². The summed E-state index contributed by atoms with van der Waals surface area (Å²) in [7, 11) is 0. The van der Waals surface area contributed by atoms with Gasteiger partial charge in [-0.15, -0.1) is 0 Å². The number of carbonyl (C=O) groups is 1. The van der Waals surface area contributed by atoms with E-state index >= 15 is 0 Å². The van der Waals surface area contributed by atoms with Crippen molar-refractivity contribution in [3.05, 3.63) is 48.3 Å². The number of nitrogens with zero attached hydrogens (tertiary/aromatic N) is 2. The van der Waals surface area contributed by atoms with Crippen molar-refractivity contribution in [1.29, 1.82) is 0 Å². The van der Waals surface area contributed by atoms with Gasteiger partial charge in [0.15, 0.2) is 0 Å². The lowest BCUT2D eigenvalue weighted by Gasteiger charge is -2.28. The highest BCUT2D eigenvalue weighted by atomic mass is 16.6. The summed E-state index contributed by atoms with van der Waals surface area (Å²) in [5, 5.41) is 7.20. The minimum absolute atomic E-state index is 0.374. The molecule has 1 unspecified atom stereocenters. The van der Waals surface area contributed by atoms with Crippen LogP contribution in [0.5, 0.6) is 0 Å². The second-order valence-corrected chi connectivity index (χ2v) is 7.13. The second-order valence-electron chi connectivity index (χ2n) is 7.13. The van der Waals surface area contributed by atoms with E-state index in [0.717, 1.165) is 11.3 Å². The Kier molecular flexibility index (Phi) is 5.29. The van der Waals surface area contributed by atoms with E-state index in [4.69, 9.17) is 10.5 Å². The Balaban J connectivity index is 2.09. The highest BCUT2D eigenvalue weighted by molar-refractivity contribution is 5.67. The van der Waals surface area contributed by atoms with Gasteiger partial charge < -0.3 is 15.8 Å². The van der Waals surface area contributed by atoms with E-state index in [1.165, 1.54) is 0 Å². The normalized spacial score (nSPS) is 14.0. The molecule has 0 fully saturated rings. The zero-order valence-electron chi connectivity index (χ0n) is 14.7. The first-order chi connectivity index (χ1) is 11.2. The van der Waals surface area contributed by atoms with Crippen LogP contribution < -0.4 is 11.1 Å². The highest BCUT2D eigenvalue weighted by Gasteiger charge is 2.28. The third kappa shape index (κ3) is 4.58. The van der Waals surface area contributed by atoms with Crippen LogP contribution in [-0.4, -0.2) is 34.6 Å². The van der Waals surface area contributed by atoms with Gasteiger partial charge >= 0.3 is 6.09 Å². The van der Waals surface area contributed by atoms with Crippen molar-refractivity contribution < 1.29 is 9.53 Å². The molecule has 6 heteroatoms. The van der Waals surface area contributed by atoms with Crippen LogP contribution in [0.2, 0.25) is 0 Å². The zero-order valence-corrected chi connectivity index (χ0v) is 14.7. The number of hydrogen-bond donors (Lipinski definition) is 2. The maximum absolute atomic E-state index is 11.9. The van der Waals surface area contributed by atoms with E-state index in [2.05, 4.69) is 10.4 Å². The van der Waals surface area contributed by atoms with Gasteiger partial charge in [0, 0.05) is 24.7 Å². The first kappa shape index (κ1) is 18.0. The number of hydrogen-bond acceptors (Lipinski definition) is 4. The average molecular weight is 330 g/mol. The number of rotatable bonds is 5. The summed E-state index contributed by atoms with van der Waals surface area (Å²) in [6.07, 6.45) is 3.29. The van der Waals surface area contributed by atoms with E-state index in [1.807, 2.05) is 64.2 Å². The third-order valence-electron chi connectivity index (χ3n) is 3.77. The molecule has 0 aliphatic rings. The smallest absolute Gasteiger partial charge is 0.407 e. The number of para-hydroxylation sites is 1. The Morgan fingerprint density at radius 2 is 1.92 bits per heavy atom. The molecular weight excluding hydrogens is 304 g/mol. The molecule has 1 heterocycles. The van der Waals surface area contributed by atoms with Gasteiger partial charge in [0.2, 0.25) is 0 Å². The first-order valence-corrected chi connectivity index (χ1v) is 8.01. The molecule has 0 saturated heterocycles. The predicted molar refractivity (Wildman–Crippen MR) is 94.2 cm³/mol. The molecule has 0 bridgehead atoms. The number of carbonyl (C=O) groups excluding carboxylic acids is 1. The molecule has 3 N–H and O–H groups in total. The fourth-order valence-electron chi connectivity index (χ4n) is 2.23. The van der Waals surface area contributed by atoms with Gasteiger partial charge in [0.25, 0.3) is 0 Å². The van der Waals surface area contributed by atoms with Crippen molar-refractivity contribution in [2.45, 2.75) is 38.7 Å². The van der Waals surface area contributed by atoms with Gasteiger partial charge in [-0.2, -0.15) is 5.10 Å². The molecule has 1 amide bonds. The molecule has 1 atom stereocenters. The van der Waals surface area contributed by atoms with Crippen molar-refractivity contribution in [3.63, 3.8) is 0 Å². The topological polar surface area (TPSA) is 82.2 Å². The minimum atomic E-state index is -0.526. The molecular formula is C18H26N4O2. The number of nitrogens with one attached hydrogen (secondary N) is 1. The predicted octanol–water partition coefficient (Wildman–Crippen LogP) is 2.61. The summed E-state index contributed by atoms with van der Waals surface area (Å²) < 4.78 is 7.08. The largest absolute Gasteiger partial charge is 0.444 e. The molecule has 2 rings (SSSR count). The molecule has 0 aliphatic heterocycles. The standard InChI is InChI=1S/C18H26N4O2/c1-17(2,3)24-16(23)20-13-18(4,12-19)14-10-21-22(11-14)15-8-6-5-7-9-15/h5-11H,12-13,19H2,1-4H3,(H,20,23). The maximum Gasteiger partial charge on any atom is 0.407 e. The van der Waals surface area contributed by atoms with Crippen LogP contribution in [0.3, 0.4) is 0 Å². The van der Waals surface area contributed by atoms with E-state index in [9.17, 15) is 4.79 Å². The van der Waals surface area contributed by atoms with Gasteiger partial charge in [-0.3, -0.25) is 0 Å². The van der Waals surface area contributed by atoms with Crippen LogP contribution in [0.15, 0.2) is 42.7 Å². The number of ether oxygens (including phenoxy) is 1. The van der Waals surface area contributed by atoms with Crippen molar-refractivity contribution >= 4 is 6.09 Å². The molecule has 6 nitrogen and oxygen atoms in total. The number of benzene rings is 1. The molecule has 1 aromatic carbocycles. The number of nitrogens with two attached hydrogens (primary N) is 1. The zero-order chi connectivity index (χ0) is 17.8. The Morgan fingerprint density at radius 1 is 1.25 bits per heavy atom. The molecule has 130 valence electrons. The lowest BCUT2D eigenvalue weighted by Crippen LogP contribution is -2.45. The molecule has 24 heavy (non-hydrogen) atoms. The highest BCUT2D eigenvalue weighted by Crippen LogP contribution is 2.22. The summed E-state index contributed by atoms with van der Waals surface area (Å²) in [6.45, 7) is 8.24. The summed E-state index contributed by atoms with van der Waals surface area (Å²) in [4.78, 5) is 11.9. The molecule has 0 radical (unpaired) electrons. The molecule has 0 aliphatic carbocycles. The monoisotopic (exact) mass is 330 g/mol. The van der Waals surface area contributed by atoms with Crippen molar-refractivity contribution in [1.82, 2.24) is 15.1 Å². The number of amides is 1. The average Bonchev–Trinajstić information content (AvgIpc) is 3.02. The van der Waals surface area contributed by atoms with Crippen molar-refractivity contribution in [2.24, 2.45) is 5.73 Å². The van der Waals surface area contributed by atoms with E-state index < -0.39 is 17.1 Å².